The SMILES string of the molecule is c1ccc(-c2ccccc2-c2c(-c3ccccc3)cccc2N(c2ccc(-c3ccc(-n4c5ccccc5c5ccccc54)cc3)cc2)c2ccc3c(c2)c2ccccc2n3-c2ccccc2)cc1. The minimum absolute atomic E-state index is 1.07. The van der Waals surface area contributed by atoms with Crippen LogP contribution in [0.3, 0.4) is 0 Å². The zero-order valence-electron chi connectivity index (χ0n) is 37.8. The number of benzene rings is 11. The molecule has 0 saturated carbocycles. The molecule has 0 saturated heterocycles. The maximum atomic E-state index is 2.47. The first kappa shape index (κ1) is 40.1. The average Bonchev–Trinajstić information content (AvgIpc) is 3.95. The van der Waals surface area contributed by atoms with Gasteiger partial charge in [-0.15, -0.1) is 0 Å². The van der Waals surface area contributed by atoms with Crippen molar-refractivity contribution in [3.05, 3.63) is 273 Å². The molecule has 0 atom stereocenters. The molecule has 69 heavy (non-hydrogen) atoms. The summed E-state index contributed by atoms with van der Waals surface area (Å²) in [7, 11) is 0. The number of nitrogens with zero attached hydrogens (tertiary/aromatic N) is 3. The zero-order valence-corrected chi connectivity index (χ0v) is 37.8. The van der Waals surface area contributed by atoms with E-state index in [1.807, 2.05) is 0 Å². The number of anilines is 3. The van der Waals surface area contributed by atoms with E-state index in [-0.39, 0.29) is 0 Å². The molecule has 2 heterocycles. The van der Waals surface area contributed by atoms with Crippen molar-refractivity contribution in [2.45, 2.75) is 0 Å². The molecule has 0 fully saturated rings. The largest absolute Gasteiger partial charge is 0.310 e. The van der Waals surface area contributed by atoms with Gasteiger partial charge in [0.15, 0.2) is 0 Å². The van der Waals surface area contributed by atoms with Gasteiger partial charge >= 0.3 is 0 Å². The van der Waals surface area contributed by atoms with Gasteiger partial charge in [0.25, 0.3) is 0 Å². The van der Waals surface area contributed by atoms with E-state index < -0.39 is 0 Å². The van der Waals surface area contributed by atoms with Crippen LogP contribution in [-0.2, 0) is 0 Å². The summed E-state index contributed by atoms with van der Waals surface area (Å²) in [5.41, 5.74) is 19.6. The second-order valence-electron chi connectivity index (χ2n) is 17.7. The van der Waals surface area contributed by atoms with Crippen LogP contribution in [0.5, 0.6) is 0 Å². The first-order valence-electron chi connectivity index (χ1n) is 23.7. The molecule has 0 aliphatic heterocycles. The number of fused-ring (bicyclic) bond motifs is 6. The molecule has 3 nitrogen and oxygen atoms in total. The Kier molecular flexibility index (Phi) is 9.84. The molecule has 0 unspecified atom stereocenters. The maximum Gasteiger partial charge on any atom is 0.0546 e. The lowest BCUT2D eigenvalue weighted by Crippen LogP contribution is -2.12. The molecule has 3 heteroatoms. The minimum atomic E-state index is 1.07. The average molecular weight is 880 g/mol. The van der Waals surface area contributed by atoms with E-state index in [1.54, 1.807) is 0 Å². The molecule has 324 valence electrons. The van der Waals surface area contributed by atoms with Crippen LogP contribution < -0.4 is 4.90 Å². The van der Waals surface area contributed by atoms with Crippen molar-refractivity contribution >= 4 is 60.7 Å². The van der Waals surface area contributed by atoms with E-state index in [0.717, 1.165) is 39.6 Å². The first-order valence-corrected chi connectivity index (χ1v) is 23.7. The van der Waals surface area contributed by atoms with Gasteiger partial charge < -0.3 is 14.0 Å². The van der Waals surface area contributed by atoms with Gasteiger partial charge in [-0.05, 0) is 118 Å². The second kappa shape index (κ2) is 16.9. The van der Waals surface area contributed by atoms with Gasteiger partial charge in [-0.25, -0.2) is 0 Å². The third-order valence-electron chi connectivity index (χ3n) is 13.7. The minimum Gasteiger partial charge on any atom is -0.310 e. The Morgan fingerprint density at radius 1 is 0.246 bits per heavy atom. The molecule has 11 aromatic carbocycles. The number of aromatic nitrogens is 2. The summed E-state index contributed by atoms with van der Waals surface area (Å²) >= 11 is 0. The van der Waals surface area contributed by atoms with E-state index in [9.17, 15) is 0 Å². The van der Waals surface area contributed by atoms with Gasteiger partial charge in [0, 0.05) is 49.9 Å². The highest BCUT2D eigenvalue weighted by atomic mass is 15.1. The summed E-state index contributed by atoms with van der Waals surface area (Å²) in [5, 5.41) is 4.94. The number of hydrogen-bond donors (Lipinski definition) is 0. The first-order chi connectivity index (χ1) is 34.3. The van der Waals surface area contributed by atoms with Gasteiger partial charge in [-0.2, -0.15) is 0 Å². The molecule has 0 radical (unpaired) electrons. The van der Waals surface area contributed by atoms with Gasteiger partial charge in [0.05, 0.1) is 27.8 Å². The molecule has 0 amide bonds. The van der Waals surface area contributed by atoms with E-state index in [1.165, 1.54) is 77.0 Å². The van der Waals surface area contributed by atoms with Gasteiger partial charge in [0.2, 0.25) is 0 Å². The molecule has 0 bridgehead atoms. The van der Waals surface area contributed by atoms with Crippen molar-refractivity contribution in [1.82, 2.24) is 9.13 Å². The Balaban J connectivity index is 1.00. The third-order valence-corrected chi connectivity index (χ3v) is 13.7. The van der Waals surface area contributed by atoms with Crippen LogP contribution in [0.25, 0.3) is 99.5 Å². The van der Waals surface area contributed by atoms with Gasteiger partial charge in [-0.3, -0.25) is 0 Å². The number of para-hydroxylation sites is 4. The third kappa shape index (κ3) is 6.91. The molecule has 13 rings (SSSR count). The Morgan fingerprint density at radius 3 is 1.26 bits per heavy atom. The molecular weight excluding hydrogens is 835 g/mol. The highest BCUT2D eigenvalue weighted by Crippen LogP contribution is 2.49. The fraction of sp³-hybridized carbons (Fsp3) is 0. The predicted molar refractivity (Wildman–Crippen MR) is 292 cm³/mol. The Hall–Kier alpha value is -9.18. The normalized spacial score (nSPS) is 11.5. The monoisotopic (exact) mass is 879 g/mol. The highest BCUT2D eigenvalue weighted by molar-refractivity contribution is 6.12. The number of rotatable bonds is 9. The van der Waals surface area contributed by atoms with Crippen molar-refractivity contribution in [2.24, 2.45) is 0 Å². The molecule has 2 aromatic heterocycles. The van der Waals surface area contributed by atoms with E-state index in [4.69, 9.17) is 0 Å². The summed E-state index contributed by atoms with van der Waals surface area (Å²) < 4.78 is 4.76. The predicted octanol–water partition coefficient (Wildman–Crippen LogP) is 18.0. The van der Waals surface area contributed by atoms with Crippen LogP contribution in [0.4, 0.5) is 17.1 Å². The molecule has 0 aliphatic rings. The number of hydrogen-bond acceptors (Lipinski definition) is 1. The molecular formula is C66H45N3. The summed E-state index contributed by atoms with van der Waals surface area (Å²) in [6.07, 6.45) is 0. The lowest BCUT2D eigenvalue weighted by atomic mass is 9.87. The lowest BCUT2D eigenvalue weighted by Gasteiger charge is -2.30. The Morgan fingerprint density at radius 2 is 0.667 bits per heavy atom. The fourth-order valence-electron chi connectivity index (χ4n) is 10.6. The van der Waals surface area contributed by atoms with Crippen LogP contribution in [0, 0.1) is 0 Å². The van der Waals surface area contributed by atoms with Crippen molar-refractivity contribution in [3.8, 4) is 55.9 Å². The smallest absolute Gasteiger partial charge is 0.0546 e. The maximum absolute atomic E-state index is 2.47. The molecule has 0 N–H and O–H groups in total. The van der Waals surface area contributed by atoms with Crippen molar-refractivity contribution < 1.29 is 0 Å². The van der Waals surface area contributed by atoms with Crippen molar-refractivity contribution in [1.29, 1.82) is 0 Å². The summed E-state index contributed by atoms with van der Waals surface area (Å²) in [4.78, 5) is 2.47. The van der Waals surface area contributed by atoms with Gasteiger partial charge in [0.1, 0.15) is 0 Å². The van der Waals surface area contributed by atoms with Crippen LogP contribution in [0.2, 0.25) is 0 Å². The summed E-state index contributed by atoms with van der Waals surface area (Å²) in [6, 6.07) is 99.2. The van der Waals surface area contributed by atoms with E-state index >= 15 is 0 Å². The lowest BCUT2D eigenvalue weighted by molar-refractivity contribution is 1.18. The van der Waals surface area contributed by atoms with Crippen LogP contribution in [-0.4, -0.2) is 9.13 Å². The highest BCUT2D eigenvalue weighted by Gasteiger charge is 2.24. The fourth-order valence-corrected chi connectivity index (χ4v) is 10.6. The Labute approximate surface area is 401 Å². The molecule has 0 aliphatic carbocycles. The van der Waals surface area contributed by atoms with Crippen LogP contribution in [0.15, 0.2) is 273 Å². The quantitative estimate of drug-likeness (QED) is 0.141. The molecule has 13 aromatic rings. The van der Waals surface area contributed by atoms with E-state index in [2.05, 4.69) is 287 Å². The van der Waals surface area contributed by atoms with Gasteiger partial charge in [-0.1, -0.05) is 194 Å². The zero-order chi connectivity index (χ0) is 45.7. The van der Waals surface area contributed by atoms with E-state index in [0.29, 0.717) is 0 Å². The molecule has 0 spiro atoms. The second-order valence-corrected chi connectivity index (χ2v) is 17.7. The van der Waals surface area contributed by atoms with Crippen molar-refractivity contribution in [2.75, 3.05) is 4.90 Å². The summed E-state index contributed by atoms with van der Waals surface area (Å²) in [6.45, 7) is 0. The van der Waals surface area contributed by atoms with Crippen LogP contribution in [0.1, 0.15) is 0 Å². The topological polar surface area (TPSA) is 13.1 Å². The summed E-state index contributed by atoms with van der Waals surface area (Å²) in [5.74, 6) is 0. The van der Waals surface area contributed by atoms with Crippen molar-refractivity contribution in [3.63, 3.8) is 0 Å². The standard InChI is InChI=1S/C66H45N3/c1-4-19-48(20-5-1)54-25-10-11-29-59(54)66-55(49-21-6-2-7-22-49)30-18-34-65(66)67(53-43-44-64-60(45-53)58-28-14-17-33-63(58)68(64)50-23-8-3-9-24-50)51-39-35-46(36-40-51)47-37-41-52(42-38-47)69-61-31-15-12-26-56(61)57-27-13-16-32-62(57)69/h1-45H. The van der Waals surface area contributed by atoms with Crippen LogP contribution >= 0.6 is 0 Å². The Bertz CT molecular complexity index is 3930.